The summed E-state index contributed by atoms with van der Waals surface area (Å²) in [6.45, 7) is 0.567. The SMILES string of the molecule is CS(=O)(=O)c1ccc(Cn2cc(Cc3cc(I)nc4n[nH]nc34)cn2)cc1. The van der Waals surface area contributed by atoms with Crippen molar-refractivity contribution in [2.75, 3.05) is 6.26 Å². The van der Waals surface area contributed by atoms with Crippen LogP contribution in [0.5, 0.6) is 0 Å². The van der Waals surface area contributed by atoms with Crippen molar-refractivity contribution in [2.45, 2.75) is 17.9 Å². The molecule has 0 aliphatic carbocycles. The Hall–Kier alpha value is -2.34. The van der Waals surface area contributed by atoms with Crippen LogP contribution < -0.4 is 0 Å². The number of hydrogen-bond acceptors (Lipinski definition) is 6. The van der Waals surface area contributed by atoms with Crippen LogP contribution in [0.15, 0.2) is 47.6 Å². The maximum atomic E-state index is 11.5. The van der Waals surface area contributed by atoms with E-state index >= 15 is 0 Å². The molecular formula is C17H15IN6O2S. The molecular weight excluding hydrogens is 479 g/mol. The van der Waals surface area contributed by atoms with Gasteiger partial charge in [-0.05, 0) is 57.5 Å². The molecule has 0 atom stereocenters. The van der Waals surface area contributed by atoms with Crippen LogP contribution in [0.3, 0.4) is 0 Å². The molecule has 0 bridgehead atoms. The summed E-state index contributed by atoms with van der Waals surface area (Å²) in [5.41, 5.74) is 4.44. The van der Waals surface area contributed by atoms with Crippen LogP contribution in [0, 0.1) is 3.70 Å². The van der Waals surface area contributed by atoms with Crippen molar-refractivity contribution in [1.29, 1.82) is 0 Å². The van der Waals surface area contributed by atoms with Crippen molar-refractivity contribution in [3.8, 4) is 0 Å². The number of rotatable bonds is 5. The Kier molecular flexibility index (Phi) is 4.68. The summed E-state index contributed by atoms with van der Waals surface area (Å²) in [5, 5.41) is 15.3. The van der Waals surface area contributed by atoms with E-state index in [0.717, 1.165) is 25.9 Å². The Bertz CT molecular complexity index is 1210. The van der Waals surface area contributed by atoms with Crippen molar-refractivity contribution in [3.05, 3.63) is 63.1 Å². The van der Waals surface area contributed by atoms with Gasteiger partial charge in [-0.15, -0.1) is 5.10 Å². The number of pyridine rings is 1. The highest BCUT2D eigenvalue weighted by Crippen LogP contribution is 2.19. The van der Waals surface area contributed by atoms with Crippen LogP contribution in [0.4, 0.5) is 0 Å². The summed E-state index contributed by atoms with van der Waals surface area (Å²) in [6, 6.07) is 8.85. The van der Waals surface area contributed by atoms with Crippen LogP contribution >= 0.6 is 22.6 Å². The maximum Gasteiger partial charge on any atom is 0.202 e. The number of halogens is 1. The van der Waals surface area contributed by atoms with Gasteiger partial charge in [0.25, 0.3) is 0 Å². The molecule has 10 heteroatoms. The summed E-state index contributed by atoms with van der Waals surface area (Å²) in [4.78, 5) is 4.66. The smallest absolute Gasteiger partial charge is 0.202 e. The normalized spacial score (nSPS) is 11.9. The Morgan fingerprint density at radius 3 is 2.67 bits per heavy atom. The average Bonchev–Trinajstić information content (AvgIpc) is 3.24. The molecule has 1 aromatic carbocycles. The largest absolute Gasteiger partial charge is 0.268 e. The van der Waals surface area contributed by atoms with E-state index in [0.29, 0.717) is 23.5 Å². The minimum Gasteiger partial charge on any atom is -0.268 e. The summed E-state index contributed by atoms with van der Waals surface area (Å²) in [7, 11) is -3.18. The van der Waals surface area contributed by atoms with Gasteiger partial charge < -0.3 is 0 Å². The Morgan fingerprint density at radius 1 is 1.15 bits per heavy atom. The van der Waals surface area contributed by atoms with Gasteiger partial charge in [0, 0.05) is 18.9 Å². The number of hydrogen-bond donors (Lipinski definition) is 1. The van der Waals surface area contributed by atoms with E-state index in [4.69, 9.17) is 0 Å². The van der Waals surface area contributed by atoms with E-state index < -0.39 is 9.84 Å². The van der Waals surface area contributed by atoms with E-state index in [1.54, 1.807) is 12.1 Å². The summed E-state index contributed by atoms with van der Waals surface area (Å²) >= 11 is 2.17. The highest BCUT2D eigenvalue weighted by Gasteiger charge is 2.11. The average molecular weight is 494 g/mol. The molecule has 27 heavy (non-hydrogen) atoms. The molecule has 1 N–H and O–H groups in total. The van der Waals surface area contributed by atoms with Crippen molar-refractivity contribution in [2.24, 2.45) is 0 Å². The third kappa shape index (κ3) is 4.00. The van der Waals surface area contributed by atoms with E-state index in [2.05, 4.69) is 48.1 Å². The number of sulfone groups is 1. The van der Waals surface area contributed by atoms with Crippen molar-refractivity contribution in [3.63, 3.8) is 0 Å². The predicted molar refractivity (Wildman–Crippen MR) is 108 cm³/mol. The Morgan fingerprint density at radius 2 is 1.93 bits per heavy atom. The second-order valence-corrected chi connectivity index (χ2v) is 9.36. The van der Waals surface area contributed by atoms with Gasteiger partial charge in [-0.2, -0.15) is 15.4 Å². The third-order valence-corrected chi connectivity index (χ3v) is 5.80. The highest BCUT2D eigenvalue weighted by atomic mass is 127. The molecule has 138 valence electrons. The molecule has 0 aliphatic heterocycles. The van der Waals surface area contributed by atoms with Crippen molar-refractivity contribution in [1.82, 2.24) is 30.2 Å². The zero-order valence-electron chi connectivity index (χ0n) is 14.3. The van der Waals surface area contributed by atoms with E-state index in [9.17, 15) is 8.42 Å². The topological polar surface area (TPSA) is 106 Å². The fourth-order valence-corrected chi connectivity index (χ4v) is 4.07. The standard InChI is InChI=1S/C17H15IN6O2S/c1-27(25,26)14-4-2-11(3-5-14)9-24-10-12(8-19-24)6-13-7-15(18)20-17-16(13)21-23-22-17/h2-5,7-8,10H,6,9H2,1H3,(H,20,21,22,23). The quantitative estimate of drug-likeness (QED) is 0.337. The van der Waals surface area contributed by atoms with E-state index in [1.165, 1.54) is 6.26 Å². The lowest BCUT2D eigenvalue weighted by Gasteiger charge is -2.04. The summed E-state index contributed by atoms with van der Waals surface area (Å²) < 4.78 is 25.8. The predicted octanol–water partition coefficient (Wildman–Crippen LogP) is 2.20. The van der Waals surface area contributed by atoms with Crippen LogP contribution in [-0.4, -0.2) is 44.8 Å². The highest BCUT2D eigenvalue weighted by molar-refractivity contribution is 14.1. The van der Waals surface area contributed by atoms with Gasteiger partial charge in [0.05, 0.1) is 17.6 Å². The number of benzene rings is 1. The zero-order chi connectivity index (χ0) is 19.0. The lowest BCUT2D eigenvalue weighted by atomic mass is 10.1. The number of aromatic amines is 1. The maximum absolute atomic E-state index is 11.5. The second-order valence-electron chi connectivity index (χ2n) is 6.24. The number of H-pyrrole nitrogens is 1. The summed E-state index contributed by atoms with van der Waals surface area (Å²) in [6.07, 6.45) is 5.68. The van der Waals surface area contributed by atoms with Gasteiger partial charge in [-0.1, -0.05) is 12.1 Å². The minimum atomic E-state index is -3.18. The van der Waals surface area contributed by atoms with Crippen LogP contribution in [-0.2, 0) is 22.8 Å². The first-order valence-electron chi connectivity index (χ1n) is 8.05. The first-order chi connectivity index (χ1) is 12.9. The molecule has 3 aromatic heterocycles. The van der Waals surface area contributed by atoms with Gasteiger partial charge in [-0.25, -0.2) is 13.4 Å². The molecule has 0 unspecified atom stereocenters. The van der Waals surface area contributed by atoms with Crippen LogP contribution in [0.2, 0.25) is 0 Å². The van der Waals surface area contributed by atoms with Gasteiger partial charge in [0.2, 0.25) is 5.65 Å². The van der Waals surface area contributed by atoms with Crippen molar-refractivity contribution < 1.29 is 8.42 Å². The Balaban J connectivity index is 1.52. The molecule has 4 aromatic rings. The van der Waals surface area contributed by atoms with Gasteiger partial charge in [0.1, 0.15) is 9.22 Å². The van der Waals surface area contributed by atoms with E-state index in [-0.39, 0.29) is 0 Å². The lowest BCUT2D eigenvalue weighted by molar-refractivity contribution is 0.602. The molecule has 8 nitrogen and oxygen atoms in total. The fraction of sp³-hybridized carbons (Fsp3) is 0.176. The number of aromatic nitrogens is 6. The number of nitrogens with one attached hydrogen (secondary N) is 1. The molecule has 0 spiro atoms. The monoisotopic (exact) mass is 494 g/mol. The molecule has 0 saturated carbocycles. The molecule has 0 saturated heterocycles. The zero-order valence-corrected chi connectivity index (χ0v) is 17.3. The molecule has 0 aliphatic rings. The molecule has 0 radical (unpaired) electrons. The fourth-order valence-electron chi connectivity index (χ4n) is 2.83. The Labute approximate surface area is 169 Å². The molecule has 0 fully saturated rings. The molecule has 0 amide bonds. The second kappa shape index (κ2) is 7.00. The summed E-state index contributed by atoms with van der Waals surface area (Å²) in [5.74, 6) is 0. The van der Waals surface area contributed by atoms with Gasteiger partial charge in [-0.3, -0.25) is 4.68 Å². The van der Waals surface area contributed by atoms with Gasteiger partial charge >= 0.3 is 0 Å². The third-order valence-electron chi connectivity index (χ3n) is 4.12. The first kappa shape index (κ1) is 18.0. The minimum absolute atomic E-state index is 0.316. The van der Waals surface area contributed by atoms with Crippen molar-refractivity contribution >= 4 is 43.6 Å². The van der Waals surface area contributed by atoms with Crippen LogP contribution in [0.25, 0.3) is 11.2 Å². The van der Waals surface area contributed by atoms with Gasteiger partial charge in [0.15, 0.2) is 9.84 Å². The molecule has 3 heterocycles. The number of nitrogens with zero attached hydrogens (tertiary/aromatic N) is 5. The first-order valence-corrected chi connectivity index (χ1v) is 11.0. The van der Waals surface area contributed by atoms with E-state index in [1.807, 2.05) is 35.3 Å². The van der Waals surface area contributed by atoms with Crippen LogP contribution in [0.1, 0.15) is 16.7 Å². The lowest BCUT2D eigenvalue weighted by Crippen LogP contribution is -2.01. The number of fused-ring (bicyclic) bond motifs is 1. The molecule has 4 rings (SSSR count).